The lowest BCUT2D eigenvalue weighted by Crippen LogP contribution is -2.21. The number of hydrogen-bond acceptors (Lipinski definition) is 5. The van der Waals surface area contributed by atoms with Gasteiger partial charge in [0.05, 0.1) is 11.6 Å². The van der Waals surface area contributed by atoms with Gasteiger partial charge in [-0.1, -0.05) is 47.5 Å². The molecule has 190 valence electrons. The quantitative estimate of drug-likeness (QED) is 0.259. The Hall–Kier alpha value is -4.28. The summed E-state index contributed by atoms with van der Waals surface area (Å²) in [5.74, 6) is -0.417. The Morgan fingerprint density at radius 1 is 0.973 bits per heavy atom. The molecule has 8 heteroatoms. The molecule has 37 heavy (non-hydrogen) atoms. The lowest BCUT2D eigenvalue weighted by atomic mass is 10.1. The summed E-state index contributed by atoms with van der Waals surface area (Å²) in [5.41, 5.74) is 4.59. The molecular weight excluding hydrogens is 490 g/mol. The van der Waals surface area contributed by atoms with Crippen LogP contribution in [0.1, 0.15) is 29.2 Å². The number of halogens is 1. The SMILES string of the molecule is CCOc1cc(/C=C(/C#N)C(=O)Nc2ccccc2C)cc(Cl)c1OCC(=O)Nc1ccc(C)cc1C. The van der Waals surface area contributed by atoms with E-state index in [1.165, 1.54) is 6.08 Å². The predicted octanol–water partition coefficient (Wildman–Crippen LogP) is 6.23. The number of ether oxygens (including phenoxy) is 2. The van der Waals surface area contributed by atoms with Crippen molar-refractivity contribution in [2.45, 2.75) is 27.7 Å². The van der Waals surface area contributed by atoms with E-state index < -0.39 is 5.91 Å². The first-order valence-corrected chi connectivity index (χ1v) is 12.0. The Labute approximate surface area is 221 Å². The van der Waals surface area contributed by atoms with Crippen LogP contribution >= 0.6 is 11.6 Å². The van der Waals surface area contributed by atoms with Crippen LogP contribution < -0.4 is 20.1 Å². The van der Waals surface area contributed by atoms with Gasteiger partial charge in [-0.25, -0.2) is 0 Å². The van der Waals surface area contributed by atoms with Crippen LogP contribution in [0.4, 0.5) is 11.4 Å². The molecule has 2 amide bonds. The average molecular weight is 518 g/mol. The van der Waals surface area contributed by atoms with Crippen LogP contribution in [0.15, 0.2) is 60.2 Å². The number of nitrogens with one attached hydrogen (secondary N) is 2. The molecule has 3 aromatic rings. The summed E-state index contributed by atoms with van der Waals surface area (Å²) in [6, 6.07) is 18.1. The summed E-state index contributed by atoms with van der Waals surface area (Å²) in [4.78, 5) is 25.2. The van der Waals surface area contributed by atoms with Crippen molar-refractivity contribution in [1.82, 2.24) is 0 Å². The minimum atomic E-state index is -0.547. The van der Waals surface area contributed by atoms with Gasteiger partial charge in [0.2, 0.25) is 0 Å². The highest BCUT2D eigenvalue weighted by Gasteiger charge is 2.16. The molecule has 0 atom stereocenters. The zero-order chi connectivity index (χ0) is 26.9. The fourth-order valence-electron chi connectivity index (χ4n) is 3.57. The molecule has 7 nitrogen and oxygen atoms in total. The van der Waals surface area contributed by atoms with Crippen molar-refractivity contribution >= 4 is 40.9 Å². The summed E-state index contributed by atoms with van der Waals surface area (Å²) in [6.07, 6.45) is 1.42. The topological polar surface area (TPSA) is 100 Å². The van der Waals surface area contributed by atoms with Gasteiger partial charge in [0.15, 0.2) is 18.1 Å². The van der Waals surface area contributed by atoms with E-state index in [0.29, 0.717) is 23.5 Å². The van der Waals surface area contributed by atoms with Crippen molar-refractivity contribution in [1.29, 1.82) is 5.26 Å². The molecule has 3 aromatic carbocycles. The molecule has 0 fully saturated rings. The number of benzene rings is 3. The molecule has 0 aliphatic rings. The van der Waals surface area contributed by atoms with Crippen molar-refractivity contribution in [2.75, 3.05) is 23.8 Å². The van der Waals surface area contributed by atoms with E-state index in [1.54, 1.807) is 31.2 Å². The largest absolute Gasteiger partial charge is 0.490 e. The van der Waals surface area contributed by atoms with Gasteiger partial charge in [-0.3, -0.25) is 9.59 Å². The summed E-state index contributed by atoms with van der Waals surface area (Å²) < 4.78 is 11.4. The van der Waals surface area contributed by atoms with Crippen LogP contribution in [0.2, 0.25) is 5.02 Å². The standard InChI is InChI=1S/C29H28ClN3O4/c1-5-36-26-15-21(13-22(16-31)29(35)33-24-9-7-6-8-19(24)3)14-23(30)28(26)37-17-27(34)32-25-11-10-18(2)12-20(25)4/h6-15H,5,17H2,1-4H3,(H,32,34)(H,33,35)/b22-13-. The number of carbonyl (C=O) groups excluding carboxylic acids is 2. The van der Waals surface area contributed by atoms with Crippen molar-refractivity contribution < 1.29 is 19.1 Å². The predicted molar refractivity (Wildman–Crippen MR) is 146 cm³/mol. The van der Waals surface area contributed by atoms with Gasteiger partial charge >= 0.3 is 0 Å². The molecule has 0 unspecified atom stereocenters. The van der Waals surface area contributed by atoms with Gasteiger partial charge in [0, 0.05) is 11.4 Å². The Balaban J connectivity index is 1.78. The minimum absolute atomic E-state index is 0.108. The number of anilines is 2. The molecule has 0 heterocycles. The fourth-order valence-corrected chi connectivity index (χ4v) is 3.84. The van der Waals surface area contributed by atoms with Crippen LogP contribution in [-0.4, -0.2) is 25.0 Å². The Morgan fingerprint density at radius 2 is 1.70 bits per heavy atom. The number of nitriles is 1. The van der Waals surface area contributed by atoms with E-state index in [4.69, 9.17) is 21.1 Å². The molecule has 0 bridgehead atoms. The van der Waals surface area contributed by atoms with Crippen LogP contribution in [-0.2, 0) is 9.59 Å². The first-order chi connectivity index (χ1) is 17.7. The molecular formula is C29H28ClN3O4. The molecule has 0 saturated carbocycles. The van der Waals surface area contributed by atoms with Gasteiger partial charge in [0.1, 0.15) is 11.6 Å². The van der Waals surface area contributed by atoms with E-state index in [9.17, 15) is 14.9 Å². The summed E-state index contributed by atoms with van der Waals surface area (Å²) in [6.45, 7) is 7.58. The lowest BCUT2D eigenvalue weighted by Gasteiger charge is -2.15. The molecule has 0 aliphatic heterocycles. The second-order valence-electron chi connectivity index (χ2n) is 8.36. The van der Waals surface area contributed by atoms with Crippen molar-refractivity contribution in [3.8, 4) is 17.6 Å². The van der Waals surface area contributed by atoms with E-state index >= 15 is 0 Å². The number of hydrogen-bond donors (Lipinski definition) is 2. The maximum Gasteiger partial charge on any atom is 0.266 e. The lowest BCUT2D eigenvalue weighted by molar-refractivity contribution is -0.118. The maximum absolute atomic E-state index is 12.7. The van der Waals surface area contributed by atoms with E-state index in [0.717, 1.165) is 16.7 Å². The van der Waals surface area contributed by atoms with Gasteiger partial charge < -0.3 is 20.1 Å². The number of carbonyl (C=O) groups is 2. The third-order valence-electron chi connectivity index (χ3n) is 5.40. The third kappa shape index (κ3) is 7.35. The van der Waals surface area contributed by atoms with Crippen molar-refractivity contribution in [3.05, 3.63) is 87.4 Å². The monoisotopic (exact) mass is 517 g/mol. The second kappa shape index (κ2) is 12.6. The molecule has 0 aromatic heterocycles. The molecule has 0 radical (unpaired) electrons. The molecule has 3 rings (SSSR count). The number of rotatable bonds is 9. The van der Waals surface area contributed by atoms with Crippen LogP contribution in [0.3, 0.4) is 0 Å². The minimum Gasteiger partial charge on any atom is -0.490 e. The number of aryl methyl sites for hydroxylation is 3. The Kier molecular flexibility index (Phi) is 9.31. The Morgan fingerprint density at radius 3 is 2.38 bits per heavy atom. The zero-order valence-corrected chi connectivity index (χ0v) is 21.9. The van der Waals surface area contributed by atoms with Crippen molar-refractivity contribution in [2.24, 2.45) is 0 Å². The van der Waals surface area contributed by atoms with Gasteiger partial charge in [0.25, 0.3) is 11.8 Å². The van der Waals surface area contributed by atoms with Crippen LogP contribution in [0.25, 0.3) is 6.08 Å². The van der Waals surface area contributed by atoms with E-state index in [1.807, 2.05) is 57.2 Å². The van der Waals surface area contributed by atoms with E-state index in [-0.39, 0.29) is 34.6 Å². The first-order valence-electron chi connectivity index (χ1n) is 11.7. The first kappa shape index (κ1) is 27.3. The highest BCUT2D eigenvalue weighted by atomic mass is 35.5. The van der Waals surface area contributed by atoms with Crippen LogP contribution in [0, 0.1) is 32.1 Å². The van der Waals surface area contributed by atoms with Gasteiger partial charge in [-0.05, 0) is 74.7 Å². The maximum atomic E-state index is 12.7. The highest BCUT2D eigenvalue weighted by molar-refractivity contribution is 6.32. The molecule has 0 spiro atoms. The number of amides is 2. The zero-order valence-electron chi connectivity index (χ0n) is 21.1. The van der Waals surface area contributed by atoms with Gasteiger partial charge in [-0.2, -0.15) is 5.26 Å². The van der Waals surface area contributed by atoms with Gasteiger partial charge in [-0.15, -0.1) is 0 Å². The highest BCUT2D eigenvalue weighted by Crippen LogP contribution is 2.37. The average Bonchev–Trinajstić information content (AvgIpc) is 2.85. The normalized spacial score (nSPS) is 10.9. The molecule has 0 saturated heterocycles. The summed E-state index contributed by atoms with van der Waals surface area (Å²) >= 11 is 6.46. The number of para-hydroxylation sites is 1. The Bertz CT molecular complexity index is 1390. The third-order valence-corrected chi connectivity index (χ3v) is 5.69. The fraction of sp³-hybridized carbons (Fsp3) is 0.207. The molecule has 2 N–H and O–H groups in total. The second-order valence-corrected chi connectivity index (χ2v) is 8.76. The summed E-state index contributed by atoms with van der Waals surface area (Å²) in [5, 5.41) is 15.3. The summed E-state index contributed by atoms with van der Waals surface area (Å²) in [7, 11) is 0. The number of nitrogens with zero attached hydrogens (tertiary/aromatic N) is 1. The van der Waals surface area contributed by atoms with Crippen LogP contribution in [0.5, 0.6) is 11.5 Å². The van der Waals surface area contributed by atoms with E-state index in [2.05, 4.69) is 10.6 Å². The molecule has 0 aliphatic carbocycles. The van der Waals surface area contributed by atoms with Crippen molar-refractivity contribution in [3.63, 3.8) is 0 Å². The smallest absolute Gasteiger partial charge is 0.266 e.